The summed E-state index contributed by atoms with van der Waals surface area (Å²) in [6, 6.07) is 8.94. The van der Waals surface area contributed by atoms with Gasteiger partial charge in [0.25, 0.3) is 0 Å². The summed E-state index contributed by atoms with van der Waals surface area (Å²) in [5.74, 6) is 0.755. The second-order valence-corrected chi connectivity index (χ2v) is 5.87. The summed E-state index contributed by atoms with van der Waals surface area (Å²) in [5, 5.41) is 0. The summed E-state index contributed by atoms with van der Waals surface area (Å²) >= 11 is 0. The van der Waals surface area contributed by atoms with Crippen LogP contribution in [0.1, 0.15) is 50.8 Å². The summed E-state index contributed by atoms with van der Waals surface area (Å²) < 4.78 is 5.59. The third kappa shape index (κ3) is 2.46. The Balaban J connectivity index is 2.18. The molecule has 1 aromatic rings. The minimum atomic E-state index is 0.237. The van der Waals surface area contributed by atoms with E-state index in [0.717, 1.165) is 5.92 Å². The number of methoxy groups -OCH3 is 1. The average Bonchev–Trinajstić information content (AvgIpc) is 3.03. The number of hydrogen-bond acceptors (Lipinski definition) is 1. The molecular formula is C15H22O. The van der Waals surface area contributed by atoms with Gasteiger partial charge in [0, 0.05) is 7.11 Å². The summed E-state index contributed by atoms with van der Waals surface area (Å²) in [6.45, 7) is 6.74. The van der Waals surface area contributed by atoms with E-state index in [-0.39, 0.29) is 5.41 Å². The lowest BCUT2D eigenvalue weighted by Gasteiger charge is -2.21. The molecule has 16 heavy (non-hydrogen) atoms. The van der Waals surface area contributed by atoms with Gasteiger partial charge in [-0.15, -0.1) is 0 Å². The number of rotatable bonds is 3. The highest BCUT2D eigenvalue weighted by Crippen LogP contribution is 2.43. The van der Waals surface area contributed by atoms with Crippen LogP contribution in [0.5, 0.6) is 0 Å². The lowest BCUT2D eigenvalue weighted by atomic mass is 9.86. The molecular weight excluding hydrogens is 196 g/mol. The second-order valence-electron chi connectivity index (χ2n) is 5.87. The Hall–Kier alpha value is -0.820. The average molecular weight is 218 g/mol. The van der Waals surface area contributed by atoms with Gasteiger partial charge < -0.3 is 4.74 Å². The van der Waals surface area contributed by atoms with Crippen LogP contribution < -0.4 is 0 Å². The van der Waals surface area contributed by atoms with E-state index >= 15 is 0 Å². The van der Waals surface area contributed by atoms with Crippen molar-refractivity contribution in [2.75, 3.05) is 7.11 Å². The molecule has 0 radical (unpaired) electrons. The van der Waals surface area contributed by atoms with E-state index in [2.05, 4.69) is 45.0 Å². The van der Waals surface area contributed by atoms with Crippen molar-refractivity contribution < 1.29 is 4.74 Å². The maximum Gasteiger partial charge on any atom is 0.0849 e. The van der Waals surface area contributed by atoms with Crippen molar-refractivity contribution in [2.45, 2.75) is 45.1 Å². The maximum atomic E-state index is 5.59. The Bertz CT molecular complexity index is 341. The van der Waals surface area contributed by atoms with E-state index in [1.54, 1.807) is 0 Å². The van der Waals surface area contributed by atoms with Crippen molar-refractivity contribution in [3.05, 3.63) is 35.4 Å². The van der Waals surface area contributed by atoms with Crippen LogP contribution in [0.2, 0.25) is 0 Å². The van der Waals surface area contributed by atoms with Crippen molar-refractivity contribution >= 4 is 0 Å². The van der Waals surface area contributed by atoms with Crippen LogP contribution >= 0.6 is 0 Å². The predicted molar refractivity (Wildman–Crippen MR) is 67.6 cm³/mol. The molecule has 0 heterocycles. The first-order valence-electron chi connectivity index (χ1n) is 6.15. The highest BCUT2D eigenvalue weighted by Gasteiger charge is 2.32. The quantitative estimate of drug-likeness (QED) is 0.742. The highest BCUT2D eigenvalue weighted by molar-refractivity contribution is 5.29. The summed E-state index contributed by atoms with van der Waals surface area (Å²) in [7, 11) is 1.82. The number of benzene rings is 1. The lowest BCUT2D eigenvalue weighted by molar-refractivity contribution is 0.0846. The van der Waals surface area contributed by atoms with Gasteiger partial charge in [0.15, 0.2) is 0 Å². The summed E-state index contributed by atoms with van der Waals surface area (Å²) in [6.07, 6.45) is 2.95. The molecule has 1 saturated carbocycles. The molecule has 1 aromatic carbocycles. The highest BCUT2D eigenvalue weighted by atomic mass is 16.5. The fourth-order valence-corrected chi connectivity index (χ4v) is 2.17. The molecule has 0 amide bonds. The van der Waals surface area contributed by atoms with E-state index in [1.807, 2.05) is 7.11 Å². The van der Waals surface area contributed by atoms with Gasteiger partial charge in [-0.2, -0.15) is 0 Å². The fourth-order valence-electron chi connectivity index (χ4n) is 2.17. The van der Waals surface area contributed by atoms with Crippen molar-refractivity contribution in [3.63, 3.8) is 0 Å². The molecule has 1 atom stereocenters. The molecule has 1 nitrogen and oxygen atoms in total. The zero-order chi connectivity index (χ0) is 11.8. The van der Waals surface area contributed by atoms with E-state index in [4.69, 9.17) is 4.74 Å². The third-order valence-electron chi connectivity index (χ3n) is 3.41. The van der Waals surface area contributed by atoms with Crippen molar-refractivity contribution in [1.29, 1.82) is 0 Å². The molecule has 88 valence electrons. The molecule has 1 unspecified atom stereocenters. The largest absolute Gasteiger partial charge is 0.376 e. The normalized spacial score (nSPS) is 18.5. The van der Waals surface area contributed by atoms with Crippen molar-refractivity contribution in [2.24, 2.45) is 5.92 Å². The van der Waals surface area contributed by atoms with Crippen LogP contribution in [0.4, 0.5) is 0 Å². The molecule has 0 N–H and O–H groups in total. The van der Waals surface area contributed by atoms with E-state index in [1.165, 1.54) is 24.0 Å². The monoisotopic (exact) mass is 218 g/mol. The first kappa shape index (κ1) is 11.7. The molecule has 0 spiro atoms. The molecule has 0 aromatic heterocycles. The van der Waals surface area contributed by atoms with E-state index in [0.29, 0.717) is 6.10 Å². The van der Waals surface area contributed by atoms with Crippen LogP contribution in [0.3, 0.4) is 0 Å². The Morgan fingerprint density at radius 2 is 1.69 bits per heavy atom. The second kappa shape index (κ2) is 4.21. The number of hydrogen-bond donors (Lipinski definition) is 0. The topological polar surface area (TPSA) is 9.23 Å². The standard InChI is InChI=1S/C15H22O/c1-15(2,3)13-9-7-12(8-10-13)14(16-4)11-5-6-11/h7-11,14H,5-6H2,1-4H3. The molecule has 2 rings (SSSR count). The van der Waals surface area contributed by atoms with Crippen LogP contribution in [0.25, 0.3) is 0 Å². The molecule has 1 aliphatic rings. The smallest absolute Gasteiger partial charge is 0.0849 e. The van der Waals surface area contributed by atoms with Gasteiger partial charge in [-0.05, 0) is 35.3 Å². The lowest BCUT2D eigenvalue weighted by Crippen LogP contribution is -2.11. The van der Waals surface area contributed by atoms with Crippen molar-refractivity contribution in [3.8, 4) is 0 Å². The van der Waals surface area contributed by atoms with Gasteiger partial charge in [0.1, 0.15) is 0 Å². The van der Waals surface area contributed by atoms with Gasteiger partial charge in [0.2, 0.25) is 0 Å². The third-order valence-corrected chi connectivity index (χ3v) is 3.41. The van der Waals surface area contributed by atoms with Crippen LogP contribution in [-0.4, -0.2) is 7.11 Å². The maximum absolute atomic E-state index is 5.59. The Morgan fingerprint density at radius 3 is 2.06 bits per heavy atom. The molecule has 0 aliphatic heterocycles. The predicted octanol–water partition coefficient (Wildman–Crippen LogP) is 4.08. The van der Waals surface area contributed by atoms with Crippen LogP contribution in [-0.2, 0) is 10.2 Å². The van der Waals surface area contributed by atoms with Gasteiger partial charge in [-0.3, -0.25) is 0 Å². The molecule has 1 aliphatic carbocycles. The zero-order valence-electron chi connectivity index (χ0n) is 10.8. The fraction of sp³-hybridized carbons (Fsp3) is 0.600. The summed E-state index contributed by atoms with van der Waals surface area (Å²) in [4.78, 5) is 0. The van der Waals surface area contributed by atoms with E-state index in [9.17, 15) is 0 Å². The van der Waals surface area contributed by atoms with E-state index < -0.39 is 0 Å². The number of ether oxygens (including phenoxy) is 1. The SMILES string of the molecule is COC(c1ccc(C(C)(C)C)cc1)C1CC1. The molecule has 0 saturated heterocycles. The van der Waals surface area contributed by atoms with Crippen molar-refractivity contribution in [1.82, 2.24) is 0 Å². The Morgan fingerprint density at radius 1 is 1.12 bits per heavy atom. The van der Waals surface area contributed by atoms with Crippen LogP contribution in [0.15, 0.2) is 24.3 Å². The van der Waals surface area contributed by atoms with Gasteiger partial charge in [-0.25, -0.2) is 0 Å². The van der Waals surface area contributed by atoms with Gasteiger partial charge >= 0.3 is 0 Å². The zero-order valence-corrected chi connectivity index (χ0v) is 10.8. The first-order chi connectivity index (χ1) is 7.52. The minimum Gasteiger partial charge on any atom is -0.376 e. The minimum absolute atomic E-state index is 0.237. The van der Waals surface area contributed by atoms with Crippen LogP contribution in [0, 0.1) is 5.92 Å². The Kier molecular flexibility index (Phi) is 3.07. The first-order valence-corrected chi connectivity index (χ1v) is 6.15. The molecule has 1 fully saturated rings. The Labute approximate surface area is 98.8 Å². The molecule has 1 heteroatoms. The molecule has 0 bridgehead atoms. The van der Waals surface area contributed by atoms with Gasteiger partial charge in [-0.1, -0.05) is 45.0 Å². The summed E-state index contributed by atoms with van der Waals surface area (Å²) in [5.41, 5.74) is 2.96. The van der Waals surface area contributed by atoms with Gasteiger partial charge in [0.05, 0.1) is 6.10 Å².